The third-order valence-electron chi connectivity index (χ3n) is 6.22. The number of hydrogen-bond donors (Lipinski definition) is 1. The molecule has 4 rings (SSSR count). The normalized spacial score (nSPS) is 17.5. The van der Waals surface area contributed by atoms with Gasteiger partial charge in [-0.25, -0.2) is 9.78 Å². The fourth-order valence-corrected chi connectivity index (χ4v) is 4.41. The number of nitrogens with zero attached hydrogens (tertiary/aromatic N) is 4. The summed E-state index contributed by atoms with van der Waals surface area (Å²) in [5, 5.41) is 11.5. The van der Waals surface area contributed by atoms with E-state index in [-0.39, 0.29) is 17.9 Å². The molecule has 1 aliphatic heterocycles. The van der Waals surface area contributed by atoms with Crippen LogP contribution in [0.5, 0.6) is 0 Å². The molecule has 0 aliphatic carbocycles. The smallest absolute Gasteiger partial charge is 0.337 e. The average molecular weight is 477 g/mol. The highest BCUT2D eigenvalue weighted by molar-refractivity contribution is 6.46. The number of rotatable bonds is 6. The lowest BCUT2D eigenvalue weighted by Crippen LogP contribution is -2.35. The van der Waals surface area contributed by atoms with E-state index in [0.717, 1.165) is 5.56 Å². The lowest BCUT2D eigenvalue weighted by atomic mass is 9.95. The van der Waals surface area contributed by atoms with Crippen molar-refractivity contribution in [2.24, 2.45) is 0 Å². The van der Waals surface area contributed by atoms with Gasteiger partial charge in [0, 0.05) is 19.3 Å². The number of amides is 1. The number of pyridine rings is 1. The van der Waals surface area contributed by atoms with Gasteiger partial charge in [0.05, 0.1) is 30.0 Å². The molecule has 0 bridgehead atoms. The molecule has 3 aromatic rings. The number of ether oxygens (including phenoxy) is 1. The second kappa shape index (κ2) is 9.34. The minimum Gasteiger partial charge on any atom is -0.505 e. The van der Waals surface area contributed by atoms with Gasteiger partial charge in [0.2, 0.25) is 0 Å². The summed E-state index contributed by atoms with van der Waals surface area (Å²) in [7, 11) is 5.05. The molecule has 0 spiro atoms. The van der Waals surface area contributed by atoms with E-state index in [0.29, 0.717) is 34.7 Å². The Morgan fingerprint density at radius 1 is 1.14 bits per heavy atom. The second-order valence-electron chi connectivity index (χ2n) is 8.84. The average Bonchev–Trinajstić information content (AvgIpc) is 3.31. The van der Waals surface area contributed by atoms with Gasteiger partial charge in [0.1, 0.15) is 11.3 Å². The molecule has 1 fully saturated rings. The fraction of sp³-hybridized carbons (Fsp3) is 0.308. The van der Waals surface area contributed by atoms with Crippen molar-refractivity contribution in [3.8, 4) is 0 Å². The molecule has 1 saturated heterocycles. The van der Waals surface area contributed by atoms with Crippen molar-refractivity contribution in [2.75, 3.05) is 34.3 Å². The van der Waals surface area contributed by atoms with Gasteiger partial charge in [0.15, 0.2) is 5.76 Å². The monoisotopic (exact) mass is 476 g/mol. The number of esters is 1. The van der Waals surface area contributed by atoms with E-state index in [9.17, 15) is 19.5 Å². The van der Waals surface area contributed by atoms with E-state index in [1.807, 2.05) is 38.1 Å². The van der Waals surface area contributed by atoms with Gasteiger partial charge in [-0.2, -0.15) is 0 Å². The predicted molar refractivity (Wildman–Crippen MR) is 130 cm³/mol. The number of carbonyl (C=O) groups excluding carboxylic acids is 3. The van der Waals surface area contributed by atoms with Gasteiger partial charge >= 0.3 is 5.97 Å². The van der Waals surface area contributed by atoms with Crippen LogP contribution >= 0.6 is 0 Å². The van der Waals surface area contributed by atoms with Gasteiger partial charge in [-0.15, -0.1) is 0 Å². The Labute approximate surface area is 203 Å². The van der Waals surface area contributed by atoms with E-state index in [2.05, 4.69) is 4.98 Å². The molecule has 0 unspecified atom stereocenters. The molecule has 35 heavy (non-hydrogen) atoms. The summed E-state index contributed by atoms with van der Waals surface area (Å²) in [5.74, 6) is -2.22. The first kappa shape index (κ1) is 24.2. The van der Waals surface area contributed by atoms with Crippen molar-refractivity contribution >= 4 is 29.1 Å². The van der Waals surface area contributed by atoms with Crippen LogP contribution in [0.3, 0.4) is 0 Å². The SMILES string of the molecule is COC(=O)c1ccc([C@H]2/C(=C(\O)c3c(C)nc4c(C)cccn34)C(=O)C(=O)N2CCN(C)C)cc1. The lowest BCUT2D eigenvalue weighted by Gasteiger charge is -2.26. The highest BCUT2D eigenvalue weighted by Crippen LogP contribution is 2.40. The number of aliphatic hydroxyl groups is 1. The van der Waals surface area contributed by atoms with Crippen molar-refractivity contribution in [3.63, 3.8) is 0 Å². The highest BCUT2D eigenvalue weighted by Gasteiger charge is 2.46. The number of likely N-dealkylation sites (N-methyl/N-ethyl adjacent to an activating group) is 1. The van der Waals surface area contributed by atoms with E-state index in [1.165, 1.54) is 12.0 Å². The number of benzene rings is 1. The number of aromatic nitrogens is 2. The van der Waals surface area contributed by atoms with Crippen LogP contribution in [-0.4, -0.2) is 76.2 Å². The van der Waals surface area contributed by atoms with Crippen LogP contribution in [0.25, 0.3) is 11.4 Å². The first-order valence-corrected chi connectivity index (χ1v) is 11.2. The summed E-state index contributed by atoms with van der Waals surface area (Å²) in [6.45, 7) is 4.47. The summed E-state index contributed by atoms with van der Waals surface area (Å²) in [6.07, 6.45) is 1.76. The van der Waals surface area contributed by atoms with Crippen molar-refractivity contribution in [3.05, 3.63) is 76.2 Å². The van der Waals surface area contributed by atoms with Crippen molar-refractivity contribution < 1.29 is 24.2 Å². The number of methoxy groups -OCH3 is 1. The molecular weight excluding hydrogens is 448 g/mol. The van der Waals surface area contributed by atoms with Gasteiger partial charge in [-0.3, -0.25) is 14.0 Å². The molecule has 0 saturated carbocycles. The zero-order valence-corrected chi connectivity index (χ0v) is 20.4. The number of ketones is 1. The molecule has 9 heteroatoms. The highest BCUT2D eigenvalue weighted by atomic mass is 16.5. The van der Waals surface area contributed by atoms with Crippen LogP contribution in [0.2, 0.25) is 0 Å². The minimum atomic E-state index is -0.823. The van der Waals surface area contributed by atoms with Crippen molar-refractivity contribution in [2.45, 2.75) is 19.9 Å². The van der Waals surface area contributed by atoms with Crippen LogP contribution < -0.4 is 0 Å². The molecule has 2 aromatic heterocycles. The molecule has 182 valence electrons. The number of carbonyl (C=O) groups is 3. The summed E-state index contributed by atoms with van der Waals surface area (Å²) >= 11 is 0. The number of imidazole rings is 1. The Bertz CT molecular complexity index is 1350. The molecule has 3 heterocycles. The van der Waals surface area contributed by atoms with E-state index < -0.39 is 23.7 Å². The Hall–Kier alpha value is -3.98. The number of likely N-dealkylation sites (tertiary alicyclic amines) is 1. The zero-order chi connectivity index (χ0) is 25.4. The van der Waals surface area contributed by atoms with Gasteiger partial charge in [0.25, 0.3) is 11.7 Å². The number of fused-ring (bicyclic) bond motifs is 1. The standard InChI is InChI=1S/C26H28N4O5/c1-15-7-6-12-29-20(16(2)27-24(15)29)22(31)19-21(17-8-10-18(11-9-17)26(34)35-5)30(14-13-28(3)4)25(33)23(19)32/h6-12,21,31H,13-14H2,1-5H3/b22-19+/t21-/m0/s1. The molecule has 1 atom stereocenters. The fourth-order valence-electron chi connectivity index (χ4n) is 4.41. The lowest BCUT2D eigenvalue weighted by molar-refractivity contribution is -0.140. The molecular formula is C26H28N4O5. The topological polar surface area (TPSA) is 104 Å². The van der Waals surface area contributed by atoms with E-state index in [1.54, 1.807) is 41.8 Å². The summed E-state index contributed by atoms with van der Waals surface area (Å²) in [4.78, 5) is 46.3. The minimum absolute atomic E-state index is 0.00835. The summed E-state index contributed by atoms with van der Waals surface area (Å²) in [5.41, 5.74) is 3.41. The molecule has 1 amide bonds. The maximum Gasteiger partial charge on any atom is 0.337 e. The molecule has 9 nitrogen and oxygen atoms in total. The third kappa shape index (κ3) is 4.19. The van der Waals surface area contributed by atoms with Crippen molar-refractivity contribution in [1.82, 2.24) is 19.2 Å². The summed E-state index contributed by atoms with van der Waals surface area (Å²) in [6, 6.07) is 9.42. The van der Waals surface area contributed by atoms with Gasteiger partial charge in [-0.05, 0) is 57.3 Å². The van der Waals surface area contributed by atoms with Crippen LogP contribution in [0.15, 0.2) is 48.2 Å². The number of Topliss-reactive ketones (excluding diaryl/α,β-unsaturated/α-hetero) is 1. The number of hydrogen-bond acceptors (Lipinski definition) is 7. The maximum absolute atomic E-state index is 13.3. The van der Waals surface area contributed by atoms with Crippen LogP contribution in [0, 0.1) is 13.8 Å². The van der Waals surface area contributed by atoms with Crippen LogP contribution in [-0.2, 0) is 14.3 Å². The zero-order valence-electron chi connectivity index (χ0n) is 20.4. The van der Waals surface area contributed by atoms with Gasteiger partial charge < -0.3 is 19.6 Å². The third-order valence-corrected chi connectivity index (χ3v) is 6.22. The molecule has 1 aromatic carbocycles. The second-order valence-corrected chi connectivity index (χ2v) is 8.84. The summed E-state index contributed by atoms with van der Waals surface area (Å²) < 4.78 is 6.50. The Kier molecular flexibility index (Phi) is 6.45. The number of aryl methyl sites for hydroxylation is 2. The van der Waals surface area contributed by atoms with Gasteiger partial charge in [-0.1, -0.05) is 18.2 Å². The Balaban J connectivity index is 1.91. The maximum atomic E-state index is 13.3. The molecule has 0 radical (unpaired) electrons. The first-order valence-electron chi connectivity index (χ1n) is 11.2. The largest absolute Gasteiger partial charge is 0.505 e. The van der Waals surface area contributed by atoms with Crippen molar-refractivity contribution in [1.29, 1.82) is 0 Å². The molecule has 1 N–H and O–H groups in total. The number of aliphatic hydroxyl groups excluding tert-OH is 1. The first-order chi connectivity index (χ1) is 16.6. The Morgan fingerprint density at radius 3 is 2.46 bits per heavy atom. The quantitative estimate of drug-likeness (QED) is 0.252. The van der Waals surface area contributed by atoms with Crippen LogP contribution in [0.1, 0.15) is 38.9 Å². The molecule has 1 aliphatic rings. The van der Waals surface area contributed by atoms with E-state index >= 15 is 0 Å². The predicted octanol–water partition coefficient (Wildman–Crippen LogP) is 2.72. The van der Waals surface area contributed by atoms with E-state index in [4.69, 9.17) is 4.74 Å². The van der Waals surface area contributed by atoms with Crippen LogP contribution in [0.4, 0.5) is 0 Å². The Morgan fingerprint density at radius 2 is 1.83 bits per heavy atom.